The van der Waals surface area contributed by atoms with Gasteiger partial charge in [-0.05, 0) is 94.2 Å². The molecule has 6 rings (SSSR count). The van der Waals surface area contributed by atoms with E-state index in [-0.39, 0.29) is 48.7 Å². The van der Waals surface area contributed by atoms with Crippen molar-refractivity contribution < 1.29 is 59.4 Å². The molecule has 0 unspecified atom stereocenters. The van der Waals surface area contributed by atoms with Crippen LogP contribution in [0.3, 0.4) is 0 Å². The van der Waals surface area contributed by atoms with Crippen LogP contribution in [0.1, 0.15) is 86.0 Å². The molecule has 3 N–H and O–H groups in total. The maximum absolute atomic E-state index is 14.9. The third-order valence-electron chi connectivity index (χ3n) is 12.2. The van der Waals surface area contributed by atoms with Gasteiger partial charge in [-0.15, -0.1) is 0 Å². The van der Waals surface area contributed by atoms with Crippen LogP contribution in [0.25, 0.3) is 10.8 Å². The average Bonchev–Trinajstić information content (AvgIpc) is 4.06. The minimum absolute atomic E-state index is 0.0243. The molecule has 59 heavy (non-hydrogen) atoms. The second kappa shape index (κ2) is 16.1. The number of methoxy groups -OCH3 is 1. The predicted octanol–water partition coefficient (Wildman–Crippen LogP) is 5.44. The highest BCUT2D eigenvalue weighted by Gasteiger charge is 2.63. The van der Waals surface area contributed by atoms with Crippen LogP contribution in [-0.4, -0.2) is 96.0 Å². The molecule has 4 amide bonds. The van der Waals surface area contributed by atoms with Gasteiger partial charge in [0.15, 0.2) is 11.6 Å². The summed E-state index contributed by atoms with van der Waals surface area (Å²) < 4.78 is 100. The number of hydrogen-bond donors (Lipinski definition) is 3. The Hall–Kier alpha value is -4.68. The van der Waals surface area contributed by atoms with Crippen LogP contribution in [0.2, 0.25) is 0 Å². The van der Waals surface area contributed by atoms with Gasteiger partial charge in [-0.25, -0.2) is 22.6 Å². The number of fused-ring (bicyclic) bond motifs is 3. The summed E-state index contributed by atoms with van der Waals surface area (Å²) in [5.41, 5.74) is -4.60. The van der Waals surface area contributed by atoms with Gasteiger partial charge >= 0.3 is 12.3 Å². The fraction of sp³-hybridized carbons (Fsp3) is 0.625. The zero-order valence-electron chi connectivity index (χ0n) is 33.8. The average molecular weight is 854 g/mol. The van der Waals surface area contributed by atoms with Gasteiger partial charge in [-0.1, -0.05) is 32.9 Å². The largest absolute Gasteiger partial charge is 0.494 e. The number of benzene rings is 1. The van der Waals surface area contributed by atoms with Gasteiger partial charge in [0.05, 0.1) is 18.4 Å². The molecule has 0 spiro atoms. The first-order valence-electron chi connectivity index (χ1n) is 19.8. The smallest absolute Gasteiger partial charge is 0.427 e. The Kier molecular flexibility index (Phi) is 11.9. The quantitative estimate of drug-likeness (QED) is 0.217. The van der Waals surface area contributed by atoms with Crippen molar-refractivity contribution >= 4 is 44.6 Å². The zero-order chi connectivity index (χ0) is 43.3. The second-order valence-electron chi connectivity index (χ2n) is 16.9. The van der Waals surface area contributed by atoms with E-state index in [0.29, 0.717) is 51.3 Å². The summed E-state index contributed by atoms with van der Waals surface area (Å²) in [6.07, 6.45) is -0.0325. The number of nitrogens with zero attached hydrogens (tertiary/aromatic N) is 2. The Morgan fingerprint density at radius 3 is 2.47 bits per heavy atom. The lowest BCUT2D eigenvalue weighted by Crippen LogP contribution is -2.60. The third kappa shape index (κ3) is 8.80. The van der Waals surface area contributed by atoms with E-state index in [1.807, 2.05) is 13.0 Å². The molecule has 14 nitrogen and oxygen atoms in total. The summed E-state index contributed by atoms with van der Waals surface area (Å²) in [6.45, 7) is 6.33. The predicted molar refractivity (Wildman–Crippen MR) is 206 cm³/mol. The summed E-state index contributed by atoms with van der Waals surface area (Å²) in [5, 5.41) is 5.88. The molecule has 7 atom stereocenters. The standard InChI is InChI=1S/C40H51F4N5O9S/c1-7-38(13-14-38)59(54,55)48-35(52)39-20-25(39)11-9-8-10-22(2)16-23(3)31(46-36(53)58-37(4,5)40(42,43)44)34(51)49-21-26(18-29(49)32(50)47-39)57-33-27-19-28(41)30(56-6)17-24(27)12-15-45-33/h9,11-12,15,17,19,22-23,25-26,29,31H,7-8,10,13-14,16,18,20-21H2,1-6H3,(H,46,53)(H,47,50)(H,48,52)/b11-9-/t22-,23+,25+,26+,29-,31-,39+/m0/s1. The number of pyridine rings is 1. The topological polar surface area (TPSA) is 182 Å². The minimum atomic E-state index is -4.94. The van der Waals surface area contributed by atoms with E-state index in [0.717, 1.165) is 4.90 Å². The van der Waals surface area contributed by atoms with Crippen LogP contribution in [0, 0.1) is 23.6 Å². The van der Waals surface area contributed by atoms with Crippen LogP contribution in [0.5, 0.6) is 11.6 Å². The second-order valence-corrected chi connectivity index (χ2v) is 19.0. The third-order valence-corrected chi connectivity index (χ3v) is 14.5. The maximum Gasteiger partial charge on any atom is 0.427 e. The van der Waals surface area contributed by atoms with E-state index in [4.69, 9.17) is 14.2 Å². The molecule has 0 radical (unpaired) electrons. The van der Waals surface area contributed by atoms with Crippen molar-refractivity contribution in [1.82, 2.24) is 25.2 Å². The number of nitrogens with one attached hydrogen (secondary N) is 3. The van der Waals surface area contributed by atoms with E-state index in [2.05, 4.69) is 20.3 Å². The van der Waals surface area contributed by atoms with E-state index in [1.54, 1.807) is 26.0 Å². The number of carbonyl (C=O) groups is 4. The Morgan fingerprint density at radius 1 is 1.12 bits per heavy atom. The molecule has 324 valence electrons. The summed E-state index contributed by atoms with van der Waals surface area (Å²) in [4.78, 5) is 61.8. The van der Waals surface area contributed by atoms with Gasteiger partial charge < -0.3 is 29.7 Å². The number of halogens is 4. The number of alkyl halides is 3. The number of ether oxygens (including phenoxy) is 3. The van der Waals surface area contributed by atoms with Crippen LogP contribution in [0.4, 0.5) is 22.4 Å². The molecule has 1 saturated heterocycles. The van der Waals surface area contributed by atoms with Crippen molar-refractivity contribution in [3.63, 3.8) is 0 Å². The first kappa shape index (κ1) is 43.9. The first-order valence-corrected chi connectivity index (χ1v) is 21.3. The molecule has 4 aliphatic rings. The lowest BCUT2D eigenvalue weighted by molar-refractivity contribution is -0.244. The van der Waals surface area contributed by atoms with Gasteiger partial charge in [0.25, 0.3) is 5.91 Å². The number of carbonyl (C=O) groups excluding carboxylic acids is 4. The lowest BCUT2D eigenvalue weighted by atomic mass is 9.88. The highest BCUT2D eigenvalue weighted by molar-refractivity contribution is 7.91. The highest BCUT2D eigenvalue weighted by Crippen LogP contribution is 2.49. The molecule has 2 saturated carbocycles. The summed E-state index contributed by atoms with van der Waals surface area (Å²) >= 11 is 0. The molecule has 0 bridgehead atoms. The Bertz CT molecular complexity index is 2130. The van der Waals surface area contributed by atoms with Crippen LogP contribution in [0.15, 0.2) is 36.5 Å². The molecule has 1 aromatic heterocycles. The maximum atomic E-state index is 14.9. The molecule has 2 aliphatic carbocycles. The van der Waals surface area contributed by atoms with Crippen molar-refractivity contribution in [2.45, 2.75) is 126 Å². The molecule has 3 heterocycles. The number of sulfonamides is 1. The molecular weight excluding hydrogens is 803 g/mol. The zero-order valence-corrected chi connectivity index (χ0v) is 34.6. The van der Waals surface area contributed by atoms with Gasteiger partial charge in [0, 0.05) is 23.9 Å². The molecule has 1 aromatic carbocycles. The van der Waals surface area contributed by atoms with Gasteiger partial charge in [-0.2, -0.15) is 13.2 Å². The van der Waals surface area contributed by atoms with Gasteiger partial charge in [0.1, 0.15) is 23.7 Å². The number of alkyl carbamates (subject to hydrolysis) is 1. The minimum Gasteiger partial charge on any atom is -0.494 e. The van der Waals surface area contributed by atoms with Crippen LogP contribution >= 0.6 is 0 Å². The van der Waals surface area contributed by atoms with E-state index >= 15 is 0 Å². The van der Waals surface area contributed by atoms with Crippen molar-refractivity contribution in [3.8, 4) is 11.6 Å². The lowest BCUT2D eigenvalue weighted by Gasteiger charge is -2.34. The Labute approximate surface area is 340 Å². The summed E-state index contributed by atoms with van der Waals surface area (Å²) in [5.74, 6) is -4.66. The first-order chi connectivity index (χ1) is 27.6. The normalized spacial score (nSPS) is 29.2. The van der Waals surface area contributed by atoms with Gasteiger partial charge in [0.2, 0.25) is 33.3 Å². The van der Waals surface area contributed by atoms with Crippen molar-refractivity contribution in [2.75, 3.05) is 13.7 Å². The van der Waals surface area contributed by atoms with Crippen LogP contribution in [-0.2, 0) is 29.1 Å². The number of rotatable bonds is 9. The molecule has 2 aliphatic heterocycles. The van der Waals surface area contributed by atoms with E-state index in [1.165, 1.54) is 25.4 Å². The molecule has 3 fully saturated rings. The van der Waals surface area contributed by atoms with E-state index in [9.17, 15) is 45.2 Å². The molecule has 19 heteroatoms. The van der Waals surface area contributed by atoms with Crippen molar-refractivity contribution in [3.05, 3.63) is 42.4 Å². The fourth-order valence-corrected chi connectivity index (χ4v) is 9.75. The molecular formula is C40H51F4N5O9S. The summed E-state index contributed by atoms with van der Waals surface area (Å²) in [6, 6.07) is 1.34. The van der Waals surface area contributed by atoms with Crippen molar-refractivity contribution in [1.29, 1.82) is 0 Å². The van der Waals surface area contributed by atoms with Crippen molar-refractivity contribution in [2.24, 2.45) is 17.8 Å². The number of allylic oxidation sites excluding steroid dienone is 1. The number of aromatic nitrogens is 1. The van der Waals surface area contributed by atoms with Crippen LogP contribution < -0.4 is 24.8 Å². The fourth-order valence-electron chi connectivity index (χ4n) is 8.09. The Morgan fingerprint density at radius 2 is 1.83 bits per heavy atom. The highest BCUT2D eigenvalue weighted by atomic mass is 32.2. The van der Waals surface area contributed by atoms with Gasteiger partial charge in [-0.3, -0.25) is 19.1 Å². The number of amides is 4. The Balaban J connectivity index is 1.36. The molecule has 2 aromatic rings. The SMILES string of the molecule is CCC1(S(=O)(=O)NC(=O)[C@@]23C[C@H]2/C=C\CC[C@H](C)C[C@@H](C)[C@H](NC(=O)OC(C)(C)C(F)(F)F)C(=O)N2C[C@H](Oc4nccc5cc(OC)c(F)cc45)C[C@H]2C(=O)N3)CC1. The monoisotopic (exact) mass is 853 g/mol. The number of hydrogen-bond acceptors (Lipinski definition) is 10. The summed E-state index contributed by atoms with van der Waals surface area (Å²) in [7, 11) is -2.80. The van der Waals surface area contributed by atoms with E-state index < -0.39 is 91.7 Å².